The van der Waals surface area contributed by atoms with Crippen LogP contribution in [0.3, 0.4) is 0 Å². The predicted molar refractivity (Wildman–Crippen MR) is 106 cm³/mol. The lowest BCUT2D eigenvalue weighted by atomic mass is 10.2. The van der Waals surface area contributed by atoms with Crippen LogP contribution < -0.4 is 10.5 Å². The topological polar surface area (TPSA) is 127 Å². The zero-order valence-electron chi connectivity index (χ0n) is 13.8. The molecule has 0 heterocycles. The van der Waals surface area contributed by atoms with E-state index in [2.05, 4.69) is 5.32 Å². The summed E-state index contributed by atoms with van der Waals surface area (Å²) in [6.07, 6.45) is 1.44. The number of aliphatic carboxylic acids is 1. The van der Waals surface area contributed by atoms with Gasteiger partial charge in [-0.25, -0.2) is 18.4 Å². The van der Waals surface area contributed by atoms with Gasteiger partial charge in [0.05, 0.1) is 15.6 Å². The summed E-state index contributed by atoms with van der Waals surface area (Å²) in [6, 6.07) is 11.9. The zero-order valence-corrected chi connectivity index (χ0v) is 16.1. The molecule has 0 aliphatic heterocycles. The Labute approximate surface area is 165 Å². The molecule has 0 bridgehead atoms. The molecule has 1 amide bonds. The highest BCUT2D eigenvalue weighted by Crippen LogP contribution is 2.21. The average molecular weight is 427 g/mol. The molecule has 142 valence electrons. The first-order valence-electron chi connectivity index (χ1n) is 7.41. The van der Waals surface area contributed by atoms with Crippen molar-refractivity contribution in [1.82, 2.24) is 0 Å². The lowest BCUT2D eigenvalue weighted by Crippen LogP contribution is -2.15. The maximum absolute atomic E-state index is 12.0. The van der Waals surface area contributed by atoms with Gasteiger partial charge < -0.3 is 10.4 Å². The molecule has 0 spiro atoms. The van der Waals surface area contributed by atoms with Crippen LogP contribution in [0, 0.1) is 0 Å². The minimum absolute atomic E-state index is 0.00274. The Morgan fingerprint density at radius 1 is 1.11 bits per heavy atom. The van der Waals surface area contributed by atoms with Gasteiger partial charge in [0.15, 0.2) is 0 Å². The third-order valence-corrected chi connectivity index (χ3v) is 5.40. The van der Waals surface area contributed by atoms with Gasteiger partial charge in [-0.1, -0.05) is 23.7 Å². The SMILES string of the molecule is NS(=O)(=O)c1ccc(NC(=O)CS/C(=C/c2ccc(Cl)cc2)C(=O)O)cc1. The first-order valence-corrected chi connectivity index (χ1v) is 10.3. The summed E-state index contributed by atoms with van der Waals surface area (Å²) in [6.45, 7) is 0. The second kappa shape index (κ2) is 9.05. The molecule has 0 aliphatic carbocycles. The van der Waals surface area contributed by atoms with Crippen LogP contribution in [0.4, 0.5) is 5.69 Å². The number of nitrogens with two attached hydrogens (primary N) is 1. The standard InChI is InChI=1S/C17H15ClN2O5S2/c18-12-3-1-11(2-4-12)9-15(17(22)23)26-10-16(21)20-13-5-7-14(8-6-13)27(19,24)25/h1-9H,10H2,(H,20,21)(H,22,23)(H2,19,24,25)/b15-9+. The van der Waals surface area contributed by atoms with E-state index in [9.17, 15) is 23.1 Å². The summed E-state index contributed by atoms with van der Waals surface area (Å²) in [5.41, 5.74) is 1.01. The number of primary sulfonamides is 1. The third-order valence-electron chi connectivity index (χ3n) is 3.20. The van der Waals surface area contributed by atoms with E-state index >= 15 is 0 Å². The van der Waals surface area contributed by atoms with Crippen LogP contribution in [0.25, 0.3) is 6.08 Å². The Balaban J connectivity index is 1.99. The number of thioether (sulfide) groups is 1. The summed E-state index contributed by atoms with van der Waals surface area (Å²) >= 11 is 6.65. The highest BCUT2D eigenvalue weighted by molar-refractivity contribution is 8.04. The summed E-state index contributed by atoms with van der Waals surface area (Å²) in [4.78, 5) is 23.3. The molecule has 27 heavy (non-hydrogen) atoms. The summed E-state index contributed by atoms with van der Waals surface area (Å²) in [5.74, 6) is -1.73. The van der Waals surface area contributed by atoms with Crippen molar-refractivity contribution in [2.75, 3.05) is 11.1 Å². The fourth-order valence-electron chi connectivity index (χ4n) is 1.94. The number of carboxylic acids is 1. The fourth-order valence-corrected chi connectivity index (χ4v) is 3.29. The van der Waals surface area contributed by atoms with Crippen LogP contribution in [-0.2, 0) is 19.6 Å². The lowest BCUT2D eigenvalue weighted by molar-refractivity contribution is -0.131. The van der Waals surface area contributed by atoms with Crippen molar-refractivity contribution in [2.45, 2.75) is 4.90 Å². The van der Waals surface area contributed by atoms with Crippen molar-refractivity contribution in [1.29, 1.82) is 0 Å². The van der Waals surface area contributed by atoms with Crippen molar-refractivity contribution in [3.8, 4) is 0 Å². The van der Waals surface area contributed by atoms with Crippen LogP contribution in [0.2, 0.25) is 5.02 Å². The molecular formula is C17H15ClN2O5S2. The van der Waals surface area contributed by atoms with Crippen molar-refractivity contribution in [3.63, 3.8) is 0 Å². The Morgan fingerprint density at radius 2 is 1.70 bits per heavy atom. The van der Waals surface area contributed by atoms with E-state index in [0.29, 0.717) is 16.3 Å². The monoisotopic (exact) mass is 426 g/mol. The van der Waals surface area contributed by atoms with Crippen molar-refractivity contribution < 1.29 is 23.1 Å². The Morgan fingerprint density at radius 3 is 2.22 bits per heavy atom. The van der Waals surface area contributed by atoms with E-state index in [1.807, 2.05) is 0 Å². The molecule has 10 heteroatoms. The number of carbonyl (C=O) groups is 2. The fraction of sp³-hybridized carbons (Fsp3) is 0.0588. The smallest absolute Gasteiger partial charge is 0.342 e. The number of rotatable bonds is 7. The van der Waals surface area contributed by atoms with Gasteiger partial charge in [-0.3, -0.25) is 4.79 Å². The number of anilines is 1. The van der Waals surface area contributed by atoms with Gasteiger partial charge in [-0.2, -0.15) is 0 Å². The van der Waals surface area contributed by atoms with Gasteiger partial charge in [-0.15, -0.1) is 11.8 Å². The molecule has 0 saturated carbocycles. The number of sulfonamides is 1. The minimum Gasteiger partial charge on any atom is -0.477 e. The van der Waals surface area contributed by atoms with Crippen LogP contribution in [0.15, 0.2) is 58.3 Å². The summed E-state index contributed by atoms with van der Waals surface area (Å²) in [5, 5.41) is 17.4. The van der Waals surface area contributed by atoms with E-state index in [1.165, 1.54) is 30.3 Å². The molecule has 0 unspecified atom stereocenters. The molecule has 7 nitrogen and oxygen atoms in total. The van der Waals surface area contributed by atoms with Crippen molar-refractivity contribution in [3.05, 3.63) is 64.0 Å². The number of halogens is 1. The molecule has 0 saturated heterocycles. The average Bonchev–Trinajstić information content (AvgIpc) is 2.59. The van der Waals surface area contributed by atoms with Gasteiger partial charge >= 0.3 is 5.97 Å². The molecule has 0 aromatic heterocycles. The molecule has 0 aliphatic rings. The first kappa shape index (κ1) is 21.0. The Bertz CT molecular complexity index is 971. The number of benzene rings is 2. The Hall–Kier alpha value is -2.33. The molecule has 2 rings (SSSR count). The van der Waals surface area contributed by atoms with Gasteiger partial charge in [0.1, 0.15) is 0 Å². The normalized spacial score (nSPS) is 11.9. The quantitative estimate of drug-likeness (QED) is 0.584. The van der Waals surface area contributed by atoms with Crippen molar-refractivity contribution >= 4 is 57.0 Å². The van der Waals surface area contributed by atoms with Gasteiger partial charge in [0.2, 0.25) is 15.9 Å². The molecule has 0 fully saturated rings. The third kappa shape index (κ3) is 6.72. The van der Waals surface area contributed by atoms with E-state index in [-0.39, 0.29) is 15.6 Å². The number of carboxylic acid groups (broad SMARTS) is 1. The van der Waals surface area contributed by atoms with Gasteiger partial charge in [0, 0.05) is 10.7 Å². The predicted octanol–water partition coefficient (Wildman–Crippen LogP) is 2.78. The largest absolute Gasteiger partial charge is 0.477 e. The lowest BCUT2D eigenvalue weighted by Gasteiger charge is -2.07. The van der Waals surface area contributed by atoms with E-state index in [0.717, 1.165) is 11.8 Å². The molecule has 0 radical (unpaired) electrons. The van der Waals surface area contributed by atoms with Gasteiger partial charge in [-0.05, 0) is 48.0 Å². The summed E-state index contributed by atoms with van der Waals surface area (Å²) < 4.78 is 22.4. The highest BCUT2D eigenvalue weighted by atomic mass is 35.5. The number of hydrogen-bond donors (Lipinski definition) is 3. The van der Waals surface area contributed by atoms with E-state index < -0.39 is 21.9 Å². The minimum atomic E-state index is -3.81. The van der Waals surface area contributed by atoms with Crippen LogP contribution in [0.5, 0.6) is 0 Å². The molecule has 2 aromatic carbocycles. The van der Waals surface area contributed by atoms with Crippen LogP contribution in [0.1, 0.15) is 5.56 Å². The maximum atomic E-state index is 12.0. The van der Waals surface area contributed by atoms with Crippen molar-refractivity contribution in [2.24, 2.45) is 5.14 Å². The van der Waals surface area contributed by atoms with Gasteiger partial charge in [0.25, 0.3) is 0 Å². The summed E-state index contributed by atoms with van der Waals surface area (Å²) in [7, 11) is -3.81. The Kier molecular flexibility index (Phi) is 7.03. The number of carbonyl (C=O) groups excluding carboxylic acids is 1. The van der Waals surface area contributed by atoms with E-state index in [4.69, 9.17) is 16.7 Å². The second-order valence-corrected chi connectivity index (χ2v) is 8.29. The molecular weight excluding hydrogens is 412 g/mol. The molecule has 2 aromatic rings. The molecule has 4 N–H and O–H groups in total. The second-order valence-electron chi connectivity index (χ2n) is 5.27. The number of hydrogen-bond acceptors (Lipinski definition) is 5. The molecule has 0 atom stereocenters. The number of amides is 1. The zero-order chi connectivity index (χ0) is 20.0. The first-order chi connectivity index (χ1) is 12.6. The number of nitrogens with one attached hydrogen (secondary N) is 1. The highest BCUT2D eigenvalue weighted by Gasteiger charge is 2.12. The van der Waals surface area contributed by atoms with E-state index in [1.54, 1.807) is 24.3 Å². The van der Waals surface area contributed by atoms with Crippen LogP contribution >= 0.6 is 23.4 Å². The van der Waals surface area contributed by atoms with Crippen LogP contribution in [-0.4, -0.2) is 31.2 Å². The maximum Gasteiger partial charge on any atom is 0.342 e.